The molecule has 1 unspecified atom stereocenters. The van der Waals surface area contributed by atoms with Gasteiger partial charge in [0.05, 0.1) is 5.52 Å². The van der Waals surface area contributed by atoms with E-state index in [0.29, 0.717) is 10.4 Å². The maximum Gasteiger partial charge on any atom is 0.419 e. The Morgan fingerprint density at radius 1 is 1.50 bits per heavy atom. The molecule has 2 rings (SSSR count). The Morgan fingerprint density at radius 2 is 2.25 bits per heavy atom. The van der Waals surface area contributed by atoms with Crippen molar-refractivity contribution < 1.29 is 4.42 Å². The summed E-state index contributed by atoms with van der Waals surface area (Å²) in [6, 6.07) is 5.90. The fourth-order valence-corrected chi connectivity index (χ4v) is 2.51. The van der Waals surface area contributed by atoms with Gasteiger partial charge in [-0.25, -0.2) is 4.79 Å². The Hall–Kier alpha value is -1.03. The van der Waals surface area contributed by atoms with E-state index in [0.717, 1.165) is 23.9 Å². The van der Waals surface area contributed by atoms with Crippen LogP contribution in [0.5, 0.6) is 0 Å². The second kappa shape index (κ2) is 4.45. The van der Waals surface area contributed by atoms with Gasteiger partial charge in [-0.1, -0.05) is 35.3 Å². The molecule has 0 fully saturated rings. The number of halogens is 1. The van der Waals surface area contributed by atoms with Gasteiger partial charge in [0.25, 0.3) is 0 Å². The van der Waals surface area contributed by atoms with Crippen LogP contribution in [0, 0.1) is 0 Å². The molecule has 1 heterocycles. The van der Waals surface area contributed by atoms with Gasteiger partial charge < -0.3 is 4.42 Å². The van der Waals surface area contributed by atoms with E-state index in [1.165, 1.54) is 4.57 Å². The SMILES string of the molecule is CCCC(Br)c1ccc2c(c1)oc(=O)n2C. The Kier molecular flexibility index (Phi) is 3.19. The van der Waals surface area contributed by atoms with Crippen LogP contribution in [0.15, 0.2) is 27.4 Å². The Morgan fingerprint density at radius 3 is 2.94 bits per heavy atom. The predicted octanol–water partition coefficient (Wildman–Crippen LogP) is 3.37. The van der Waals surface area contributed by atoms with Crippen molar-refractivity contribution in [2.45, 2.75) is 24.6 Å². The van der Waals surface area contributed by atoms with Crippen LogP contribution in [0.3, 0.4) is 0 Å². The molecule has 16 heavy (non-hydrogen) atoms. The molecule has 0 saturated carbocycles. The van der Waals surface area contributed by atoms with E-state index in [2.05, 4.69) is 22.9 Å². The highest BCUT2D eigenvalue weighted by molar-refractivity contribution is 9.09. The van der Waals surface area contributed by atoms with E-state index in [4.69, 9.17) is 4.42 Å². The quantitative estimate of drug-likeness (QED) is 0.810. The van der Waals surface area contributed by atoms with Gasteiger partial charge in [-0.2, -0.15) is 0 Å². The topological polar surface area (TPSA) is 35.1 Å². The maximum atomic E-state index is 11.3. The number of benzene rings is 1. The summed E-state index contributed by atoms with van der Waals surface area (Å²) >= 11 is 3.63. The number of nitrogens with zero attached hydrogens (tertiary/aromatic N) is 1. The van der Waals surface area contributed by atoms with Crippen LogP contribution < -0.4 is 5.76 Å². The summed E-state index contributed by atoms with van der Waals surface area (Å²) < 4.78 is 6.67. The highest BCUT2D eigenvalue weighted by Gasteiger charge is 2.10. The molecule has 2 aromatic rings. The van der Waals surface area contributed by atoms with Crippen LogP contribution in [0.4, 0.5) is 0 Å². The second-order valence-electron chi connectivity index (χ2n) is 3.91. The molecule has 1 aromatic carbocycles. The summed E-state index contributed by atoms with van der Waals surface area (Å²) in [6.45, 7) is 2.15. The van der Waals surface area contributed by atoms with Gasteiger partial charge in [0.1, 0.15) is 0 Å². The first-order valence-electron chi connectivity index (χ1n) is 5.37. The predicted molar refractivity (Wildman–Crippen MR) is 68.0 cm³/mol. The molecule has 3 nitrogen and oxygen atoms in total. The van der Waals surface area contributed by atoms with Gasteiger partial charge in [-0.3, -0.25) is 4.57 Å². The first kappa shape index (κ1) is 11.5. The second-order valence-corrected chi connectivity index (χ2v) is 5.02. The zero-order valence-electron chi connectivity index (χ0n) is 9.37. The number of hydrogen-bond acceptors (Lipinski definition) is 2. The molecule has 86 valence electrons. The number of rotatable bonds is 3. The minimum atomic E-state index is -0.311. The molecule has 4 heteroatoms. The smallest absolute Gasteiger partial charge is 0.408 e. The summed E-state index contributed by atoms with van der Waals surface area (Å²) in [5.41, 5.74) is 2.65. The average molecular weight is 284 g/mol. The van der Waals surface area contributed by atoms with Gasteiger partial charge in [0.2, 0.25) is 0 Å². The molecule has 0 N–H and O–H groups in total. The number of hydrogen-bond donors (Lipinski definition) is 0. The first-order chi connectivity index (χ1) is 7.63. The summed E-state index contributed by atoms with van der Waals surface area (Å²) in [7, 11) is 1.71. The van der Waals surface area contributed by atoms with Crippen molar-refractivity contribution in [3.05, 3.63) is 34.3 Å². The van der Waals surface area contributed by atoms with Crippen LogP contribution >= 0.6 is 15.9 Å². The van der Waals surface area contributed by atoms with Gasteiger partial charge in [-0.05, 0) is 24.1 Å². The number of oxazole rings is 1. The number of fused-ring (bicyclic) bond motifs is 1. The third kappa shape index (κ3) is 1.94. The highest BCUT2D eigenvalue weighted by Crippen LogP contribution is 2.29. The monoisotopic (exact) mass is 283 g/mol. The molecule has 1 aromatic heterocycles. The summed E-state index contributed by atoms with van der Waals surface area (Å²) in [5.74, 6) is -0.311. The van der Waals surface area contributed by atoms with Gasteiger partial charge in [-0.15, -0.1) is 0 Å². The van der Waals surface area contributed by atoms with Crippen molar-refractivity contribution in [1.29, 1.82) is 0 Å². The molecule has 0 aliphatic carbocycles. The molecule has 0 radical (unpaired) electrons. The summed E-state index contributed by atoms with van der Waals surface area (Å²) in [4.78, 5) is 11.7. The van der Waals surface area contributed by atoms with E-state index in [1.54, 1.807) is 7.05 Å². The number of alkyl halides is 1. The average Bonchev–Trinajstić information content (AvgIpc) is 2.55. The minimum absolute atomic E-state index is 0.311. The van der Waals surface area contributed by atoms with Gasteiger partial charge >= 0.3 is 5.76 Å². The zero-order chi connectivity index (χ0) is 11.7. The van der Waals surface area contributed by atoms with Gasteiger partial charge in [0.15, 0.2) is 5.58 Å². The van der Waals surface area contributed by atoms with Crippen molar-refractivity contribution in [1.82, 2.24) is 4.57 Å². The van der Waals surface area contributed by atoms with Crippen molar-refractivity contribution in [3.8, 4) is 0 Å². The van der Waals surface area contributed by atoms with Gasteiger partial charge in [0, 0.05) is 11.9 Å². The van der Waals surface area contributed by atoms with Crippen LogP contribution in [-0.2, 0) is 7.05 Å². The van der Waals surface area contributed by atoms with Crippen molar-refractivity contribution >= 4 is 27.0 Å². The number of aromatic nitrogens is 1. The molecule has 0 aliphatic heterocycles. The van der Waals surface area contributed by atoms with E-state index < -0.39 is 0 Å². The van der Waals surface area contributed by atoms with Crippen molar-refractivity contribution in [2.75, 3.05) is 0 Å². The molecular weight excluding hydrogens is 270 g/mol. The third-order valence-electron chi connectivity index (χ3n) is 2.72. The summed E-state index contributed by atoms with van der Waals surface area (Å²) in [6.07, 6.45) is 2.19. The highest BCUT2D eigenvalue weighted by atomic mass is 79.9. The molecule has 0 amide bonds. The van der Waals surface area contributed by atoms with Crippen LogP contribution in [-0.4, -0.2) is 4.57 Å². The zero-order valence-corrected chi connectivity index (χ0v) is 11.0. The Bertz CT molecular complexity index is 556. The Labute approximate surface area is 102 Å². The maximum absolute atomic E-state index is 11.3. The van der Waals surface area contributed by atoms with E-state index in [1.807, 2.05) is 18.2 Å². The largest absolute Gasteiger partial charge is 0.419 e. The van der Waals surface area contributed by atoms with Crippen LogP contribution in [0.2, 0.25) is 0 Å². The van der Waals surface area contributed by atoms with E-state index in [9.17, 15) is 4.79 Å². The lowest BCUT2D eigenvalue weighted by Gasteiger charge is -2.07. The fraction of sp³-hybridized carbons (Fsp3) is 0.417. The molecule has 0 saturated heterocycles. The number of aryl methyl sites for hydroxylation is 1. The molecule has 0 spiro atoms. The van der Waals surface area contributed by atoms with E-state index in [-0.39, 0.29) is 5.76 Å². The lowest BCUT2D eigenvalue weighted by molar-refractivity contribution is 0.527. The normalized spacial score (nSPS) is 13.2. The standard InChI is InChI=1S/C12H14BrNO2/c1-3-4-9(13)8-5-6-10-11(7-8)16-12(15)14(10)2/h5-7,9H,3-4H2,1-2H3. The molecular formula is C12H14BrNO2. The molecule has 0 bridgehead atoms. The third-order valence-corrected chi connectivity index (χ3v) is 3.71. The van der Waals surface area contributed by atoms with Crippen molar-refractivity contribution in [2.24, 2.45) is 7.05 Å². The minimum Gasteiger partial charge on any atom is -0.408 e. The Balaban J connectivity index is 2.48. The molecule has 1 atom stereocenters. The van der Waals surface area contributed by atoms with E-state index >= 15 is 0 Å². The summed E-state index contributed by atoms with van der Waals surface area (Å²) in [5, 5.41) is 0. The van der Waals surface area contributed by atoms with Crippen molar-refractivity contribution in [3.63, 3.8) is 0 Å². The van der Waals surface area contributed by atoms with Crippen LogP contribution in [0.1, 0.15) is 30.2 Å². The lowest BCUT2D eigenvalue weighted by atomic mass is 10.1. The molecule has 0 aliphatic rings. The fourth-order valence-electron chi connectivity index (χ4n) is 1.77. The van der Waals surface area contributed by atoms with Crippen LogP contribution in [0.25, 0.3) is 11.1 Å². The first-order valence-corrected chi connectivity index (χ1v) is 6.28. The lowest BCUT2D eigenvalue weighted by Crippen LogP contribution is -2.08.